The molecule has 14 heteroatoms. The van der Waals surface area contributed by atoms with E-state index in [1.807, 2.05) is 98.6 Å². The van der Waals surface area contributed by atoms with Crippen molar-refractivity contribution in [1.82, 2.24) is 5.32 Å². The lowest BCUT2D eigenvalue weighted by molar-refractivity contribution is -0.131. The molecule has 2 N–H and O–H groups in total. The Morgan fingerprint density at radius 1 is 0.722 bits per heavy atom. The summed E-state index contributed by atoms with van der Waals surface area (Å²) in [5.74, 6) is -0.711. The number of carbonyl (C=O) groups is 5. The number of carbonyl (C=O) groups excluding carboxylic acids is 5. The van der Waals surface area contributed by atoms with Crippen LogP contribution >= 0.6 is 0 Å². The average molecular weight is 971 g/mol. The number of Topliss-reactive ketones (excluding diaryl/α,β-unsaturated/α-hetero) is 1. The van der Waals surface area contributed by atoms with Crippen LogP contribution in [0.15, 0.2) is 101 Å². The number of methoxy groups -OCH3 is 1. The first-order chi connectivity index (χ1) is 34.4. The standard InChI is InChI=1S/C58H62N6O8/c1-33(2)54(62-53(66)17-18-58(5,6)7)49(65)20-35(4)55(67)61-40-22-36(31-71-50-27-45-43(19-34(50)3)56(68)63-41(29-59-45)24-38-13-9-11-15-47(38)63)21-37(23-40)32-72-52-28-46-44(26-51(52)70-8)57(69)64-42(30-60-46)25-39-14-10-12-16-48(39)64/h9-16,19,21-23,26-30,33,35,41-42,54H,17-18,20,24-25,31-32H2,1-8H3,(H,61,67)(H,62,66)/t35-,41+,42+,54+/m1/s1. The Morgan fingerprint density at radius 2 is 1.26 bits per heavy atom. The molecule has 0 aromatic heterocycles. The van der Waals surface area contributed by atoms with Crippen LogP contribution in [0.5, 0.6) is 17.2 Å². The number of aliphatic imine (C=N–C) groups is 2. The number of benzene rings is 5. The average Bonchev–Trinajstić information content (AvgIpc) is 3.84. The number of ketones is 1. The summed E-state index contributed by atoms with van der Waals surface area (Å²) in [4.78, 5) is 81.7. The van der Waals surface area contributed by atoms with Gasteiger partial charge in [-0.15, -0.1) is 0 Å². The highest BCUT2D eigenvalue weighted by molar-refractivity contribution is 6.16. The zero-order valence-corrected chi connectivity index (χ0v) is 42.2. The van der Waals surface area contributed by atoms with Crippen molar-refractivity contribution in [3.05, 3.63) is 130 Å². The minimum Gasteiger partial charge on any atom is -0.493 e. The number of para-hydroxylation sites is 2. The molecule has 5 aromatic carbocycles. The van der Waals surface area contributed by atoms with Gasteiger partial charge >= 0.3 is 0 Å². The van der Waals surface area contributed by atoms with Crippen molar-refractivity contribution in [2.24, 2.45) is 27.2 Å². The number of nitrogens with one attached hydrogen (secondary N) is 2. The predicted molar refractivity (Wildman–Crippen MR) is 280 cm³/mol. The van der Waals surface area contributed by atoms with Gasteiger partial charge in [-0.05, 0) is 95.0 Å². The maximum Gasteiger partial charge on any atom is 0.261 e. The number of nitrogens with zero attached hydrogens (tertiary/aromatic N) is 4. The first-order valence-corrected chi connectivity index (χ1v) is 24.7. The van der Waals surface area contributed by atoms with Crippen molar-refractivity contribution in [2.45, 2.75) is 112 Å². The molecular weight excluding hydrogens is 909 g/mol. The molecule has 0 bridgehead atoms. The molecule has 372 valence electrons. The second-order valence-corrected chi connectivity index (χ2v) is 20.9. The molecule has 0 unspecified atom stereocenters. The molecular formula is C58H62N6O8. The van der Waals surface area contributed by atoms with Crippen LogP contribution in [0.3, 0.4) is 0 Å². The van der Waals surface area contributed by atoms with Crippen molar-refractivity contribution in [3.63, 3.8) is 0 Å². The fourth-order valence-electron chi connectivity index (χ4n) is 9.85. The van der Waals surface area contributed by atoms with Crippen molar-refractivity contribution < 1.29 is 38.2 Å². The smallest absolute Gasteiger partial charge is 0.261 e. The van der Waals surface area contributed by atoms with Crippen LogP contribution in [-0.4, -0.2) is 67.1 Å². The number of fused-ring (bicyclic) bond motifs is 8. The van der Waals surface area contributed by atoms with Crippen LogP contribution in [0, 0.1) is 24.2 Å². The normalized spacial score (nSPS) is 17.1. The first kappa shape index (κ1) is 49.4. The topological polar surface area (TPSA) is 168 Å². The summed E-state index contributed by atoms with van der Waals surface area (Å²) in [6.45, 7) is 13.7. The van der Waals surface area contributed by atoms with Gasteiger partial charge < -0.3 is 24.8 Å². The van der Waals surface area contributed by atoms with Gasteiger partial charge in [0, 0.05) is 73.2 Å². The van der Waals surface area contributed by atoms with E-state index in [0.29, 0.717) is 82.2 Å². The van der Waals surface area contributed by atoms with Gasteiger partial charge in [0.2, 0.25) is 11.8 Å². The van der Waals surface area contributed by atoms with Gasteiger partial charge in [-0.2, -0.15) is 0 Å². The molecule has 0 saturated heterocycles. The lowest BCUT2D eigenvalue weighted by Crippen LogP contribution is -2.45. The Bertz CT molecular complexity index is 3040. The third-order valence-corrected chi connectivity index (χ3v) is 13.8. The highest BCUT2D eigenvalue weighted by Crippen LogP contribution is 2.42. The molecule has 0 fully saturated rings. The Balaban J connectivity index is 0.953. The van der Waals surface area contributed by atoms with Crippen molar-refractivity contribution in [2.75, 3.05) is 22.2 Å². The molecule has 4 amide bonds. The number of ether oxygens (including phenoxy) is 3. The van der Waals surface area contributed by atoms with Crippen molar-refractivity contribution in [3.8, 4) is 17.2 Å². The summed E-state index contributed by atoms with van der Waals surface area (Å²) < 4.78 is 18.7. The van der Waals surface area contributed by atoms with Gasteiger partial charge in [0.05, 0.1) is 47.7 Å². The molecule has 0 radical (unpaired) electrons. The highest BCUT2D eigenvalue weighted by atomic mass is 16.5. The molecule has 4 heterocycles. The maximum absolute atomic E-state index is 14.1. The quantitative estimate of drug-likeness (QED) is 0.0985. The lowest BCUT2D eigenvalue weighted by Gasteiger charge is -2.24. The van der Waals surface area contributed by atoms with Crippen LogP contribution in [-0.2, 0) is 40.4 Å². The molecule has 4 aliphatic rings. The lowest BCUT2D eigenvalue weighted by atomic mass is 9.89. The van der Waals surface area contributed by atoms with Gasteiger partial charge in [0.1, 0.15) is 19.0 Å². The molecule has 4 atom stereocenters. The zero-order chi connectivity index (χ0) is 51.0. The van der Waals surface area contributed by atoms with Gasteiger partial charge in [-0.1, -0.05) is 77.9 Å². The number of amides is 4. The van der Waals surface area contributed by atoms with E-state index < -0.39 is 12.0 Å². The third kappa shape index (κ3) is 10.4. The minimum atomic E-state index is -0.728. The van der Waals surface area contributed by atoms with Crippen molar-refractivity contribution in [1.29, 1.82) is 0 Å². The number of anilines is 3. The van der Waals surface area contributed by atoms with Gasteiger partial charge in [0.15, 0.2) is 17.3 Å². The molecule has 4 aliphatic heterocycles. The minimum absolute atomic E-state index is 0.0279. The Morgan fingerprint density at radius 3 is 1.82 bits per heavy atom. The fourth-order valence-corrected chi connectivity index (χ4v) is 9.85. The second-order valence-electron chi connectivity index (χ2n) is 20.9. The molecule has 5 aromatic rings. The monoisotopic (exact) mass is 970 g/mol. The first-order valence-electron chi connectivity index (χ1n) is 24.7. The molecule has 72 heavy (non-hydrogen) atoms. The van der Waals surface area contributed by atoms with E-state index in [0.717, 1.165) is 28.1 Å². The summed E-state index contributed by atoms with van der Waals surface area (Å²) in [5.41, 5.74) is 8.35. The molecule has 0 aliphatic carbocycles. The van der Waals surface area contributed by atoms with Gasteiger partial charge in [-0.25, -0.2) is 0 Å². The zero-order valence-electron chi connectivity index (χ0n) is 42.2. The largest absolute Gasteiger partial charge is 0.493 e. The molecule has 0 saturated carbocycles. The van der Waals surface area contributed by atoms with E-state index in [9.17, 15) is 24.0 Å². The Hall–Kier alpha value is -7.61. The fraction of sp³-hybridized carbons (Fsp3) is 0.362. The second kappa shape index (κ2) is 20.2. The van der Waals surface area contributed by atoms with E-state index in [4.69, 9.17) is 24.2 Å². The van der Waals surface area contributed by atoms with E-state index in [2.05, 4.69) is 31.4 Å². The summed E-state index contributed by atoms with van der Waals surface area (Å²) in [6.07, 6.45) is 5.89. The van der Waals surface area contributed by atoms with Crippen LogP contribution in [0.1, 0.15) is 109 Å². The van der Waals surface area contributed by atoms with Gasteiger partial charge in [0.25, 0.3) is 11.8 Å². The van der Waals surface area contributed by atoms with E-state index >= 15 is 0 Å². The Labute approximate surface area is 420 Å². The van der Waals surface area contributed by atoms with Crippen LogP contribution < -0.4 is 34.6 Å². The number of hydrogen-bond acceptors (Lipinski definition) is 10. The molecule has 0 spiro atoms. The number of rotatable bonds is 16. The van der Waals surface area contributed by atoms with Crippen LogP contribution in [0.25, 0.3) is 0 Å². The SMILES string of the molecule is COc1cc2c(cc1OCc1cc(COc3cc4c(cc3C)C(=O)N3c5ccccc5C[C@H]3C=N4)cc(NC(=O)[C@H](C)CC(=O)[C@@H](NC(=O)CCC(C)(C)C)C(C)C)c1)N=C[C@@H]1Cc3ccccc3N1C2=O. The molecule has 14 nitrogen and oxygen atoms in total. The van der Waals surface area contributed by atoms with Crippen molar-refractivity contribution >= 4 is 70.3 Å². The summed E-state index contributed by atoms with van der Waals surface area (Å²) in [5, 5.41) is 5.95. The predicted octanol–water partition coefficient (Wildman–Crippen LogP) is 10.2. The van der Waals surface area contributed by atoms with Crippen LogP contribution in [0.2, 0.25) is 0 Å². The molecule has 9 rings (SSSR count). The summed E-state index contributed by atoms with van der Waals surface area (Å²) in [7, 11) is 1.52. The summed E-state index contributed by atoms with van der Waals surface area (Å²) in [6, 6.07) is 27.2. The number of hydrogen-bond donors (Lipinski definition) is 2. The van der Waals surface area contributed by atoms with E-state index in [-0.39, 0.29) is 72.5 Å². The van der Waals surface area contributed by atoms with E-state index in [1.54, 1.807) is 42.3 Å². The third-order valence-electron chi connectivity index (χ3n) is 13.8. The maximum atomic E-state index is 14.1. The van der Waals surface area contributed by atoms with Gasteiger partial charge in [-0.3, -0.25) is 43.8 Å². The van der Waals surface area contributed by atoms with E-state index in [1.165, 1.54) is 7.11 Å². The summed E-state index contributed by atoms with van der Waals surface area (Å²) >= 11 is 0. The number of aryl methyl sites for hydroxylation is 1. The Kier molecular flexibility index (Phi) is 13.9. The highest BCUT2D eigenvalue weighted by Gasteiger charge is 2.38. The van der Waals surface area contributed by atoms with Crippen LogP contribution in [0.4, 0.5) is 28.4 Å².